The van der Waals surface area contributed by atoms with Gasteiger partial charge in [-0.1, -0.05) is 30.3 Å². The van der Waals surface area contributed by atoms with E-state index in [1.165, 1.54) is 0 Å². The number of hydrogen-bond donors (Lipinski definition) is 2. The minimum atomic E-state index is -0.910. The molecule has 100 valence electrons. The molecule has 1 aromatic carbocycles. The predicted molar refractivity (Wildman–Crippen MR) is 67.0 cm³/mol. The first kappa shape index (κ1) is 13.5. The Hall–Kier alpha value is -0.940. The quantitative estimate of drug-likeness (QED) is 0.846. The van der Waals surface area contributed by atoms with E-state index < -0.39 is 18.3 Å². The molecule has 1 aromatic rings. The van der Waals surface area contributed by atoms with Crippen molar-refractivity contribution in [3.63, 3.8) is 0 Å². The van der Waals surface area contributed by atoms with Crippen molar-refractivity contribution in [1.29, 1.82) is 0 Å². The molecule has 1 aliphatic rings. The van der Waals surface area contributed by atoms with E-state index >= 15 is 0 Å². The van der Waals surface area contributed by atoms with E-state index in [4.69, 9.17) is 9.47 Å². The standard InChI is InChI=1S/C14H20O4/c1-9-12(15)13(16)14(10(2)18-9)17-8-11-6-4-3-5-7-11/h3-7,9-10,12-16H,8H2,1-2H3/t9-,10?,12?,13-,14-/m0/s1. The Morgan fingerprint density at radius 2 is 1.72 bits per heavy atom. The topological polar surface area (TPSA) is 58.9 Å². The molecule has 5 atom stereocenters. The molecule has 4 nitrogen and oxygen atoms in total. The average Bonchev–Trinajstić information content (AvgIpc) is 2.37. The molecule has 1 aliphatic heterocycles. The Bertz CT molecular complexity index is 367. The monoisotopic (exact) mass is 252 g/mol. The van der Waals surface area contributed by atoms with Gasteiger partial charge in [-0.2, -0.15) is 0 Å². The number of benzene rings is 1. The van der Waals surface area contributed by atoms with Gasteiger partial charge in [-0.25, -0.2) is 0 Å². The minimum Gasteiger partial charge on any atom is -0.388 e. The van der Waals surface area contributed by atoms with Crippen molar-refractivity contribution in [2.75, 3.05) is 0 Å². The third-order valence-electron chi connectivity index (χ3n) is 3.34. The van der Waals surface area contributed by atoms with Gasteiger partial charge in [0.25, 0.3) is 0 Å². The molecule has 0 aromatic heterocycles. The van der Waals surface area contributed by atoms with Crippen molar-refractivity contribution in [1.82, 2.24) is 0 Å². The second-order valence-corrected chi connectivity index (χ2v) is 4.79. The summed E-state index contributed by atoms with van der Waals surface area (Å²) in [5.41, 5.74) is 1.03. The lowest BCUT2D eigenvalue weighted by Crippen LogP contribution is -2.56. The first-order chi connectivity index (χ1) is 8.59. The van der Waals surface area contributed by atoms with Gasteiger partial charge in [0.2, 0.25) is 0 Å². The maximum absolute atomic E-state index is 10.0. The van der Waals surface area contributed by atoms with Crippen LogP contribution in [0, 0.1) is 0 Å². The average molecular weight is 252 g/mol. The number of aliphatic hydroxyl groups excluding tert-OH is 2. The molecule has 18 heavy (non-hydrogen) atoms. The summed E-state index contributed by atoms with van der Waals surface area (Å²) >= 11 is 0. The van der Waals surface area contributed by atoms with Crippen LogP contribution < -0.4 is 0 Å². The van der Waals surface area contributed by atoms with Crippen LogP contribution in [0.15, 0.2) is 30.3 Å². The van der Waals surface area contributed by atoms with Gasteiger partial charge in [-0.15, -0.1) is 0 Å². The van der Waals surface area contributed by atoms with Crippen LogP contribution >= 0.6 is 0 Å². The summed E-state index contributed by atoms with van der Waals surface area (Å²) in [6.45, 7) is 4.00. The molecule has 4 heteroatoms. The Kier molecular flexibility index (Phi) is 4.35. The molecule has 2 unspecified atom stereocenters. The highest BCUT2D eigenvalue weighted by molar-refractivity contribution is 5.13. The lowest BCUT2D eigenvalue weighted by atomic mass is 9.96. The fraction of sp³-hybridized carbons (Fsp3) is 0.571. The Morgan fingerprint density at radius 3 is 2.39 bits per heavy atom. The summed E-state index contributed by atoms with van der Waals surface area (Å²) in [5, 5.41) is 19.8. The molecule has 1 heterocycles. The molecule has 0 amide bonds. The zero-order valence-corrected chi connectivity index (χ0v) is 10.7. The fourth-order valence-corrected chi connectivity index (χ4v) is 2.25. The van der Waals surface area contributed by atoms with Crippen LogP contribution in [0.25, 0.3) is 0 Å². The number of rotatable bonds is 3. The van der Waals surface area contributed by atoms with Crippen LogP contribution in [-0.2, 0) is 16.1 Å². The Balaban J connectivity index is 1.96. The van der Waals surface area contributed by atoms with E-state index in [1.807, 2.05) is 37.3 Å². The molecule has 2 rings (SSSR count). The van der Waals surface area contributed by atoms with Gasteiger partial charge >= 0.3 is 0 Å². The Labute approximate surface area is 107 Å². The van der Waals surface area contributed by atoms with E-state index in [0.29, 0.717) is 6.61 Å². The zero-order valence-electron chi connectivity index (χ0n) is 10.7. The van der Waals surface area contributed by atoms with Crippen LogP contribution in [0.2, 0.25) is 0 Å². The smallest absolute Gasteiger partial charge is 0.112 e. The van der Waals surface area contributed by atoms with Gasteiger partial charge in [-0.05, 0) is 19.4 Å². The number of ether oxygens (including phenoxy) is 2. The molecular weight excluding hydrogens is 232 g/mol. The number of hydrogen-bond acceptors (Lipinski definition) is 4. The van der Waals surface area contributed by atoms with Crippen LogP contribution in [0.5, 0.6) is 0 Å². The highest BCUT2D eigenvalue weighted by atomic mass is 16.6. The van der Waals surface area contributed by atoms with Gasteiger partial charge in [-0.3, -0.25) is 0 Å². The molecule has 1 saturated heterocycles. The summed E-state index contributed by atoms with van der Waals surface area (Å²) in [5.74, 6) is 0. The van der Waals surface area contributed by atoms with Gasteiger partial charge in [0.05, 0.1) is 18.8 Å². The first-order valence-electron chi connectivity index (χ1n) is 6.26. The molecule has 2 N–H and O–H groups in total. The van der Waals surface area contributed by atoms with Crippen molar-refractivity contribution >= 4 is 0 Å². The fourth-order valence-electron chi connectivity index (χ4n) is 2.25. The highest BCUT2D eigenvalue weighted by Crippen LogP contribution is 2.23. The normalized spacial score (nSPS) is 36.6. The van der Waals surface area contributed by atoms with Crippen LogP contribution in [0.3, 0.4) is 0 Å². The molecule has 1 fully saturated rings. The zero-order chi connectivity index (χ0) is 13.1. The number of aliphatic hydroxyl groups is 2. The largest absolute Gasteiger partial charge is 0.388 e. The van der Waals surface area contributed by atoms with E-state index in [2.05, 4.69) is 0 Å². The van der Waals surface area contributed by atoms with E-state index in [0.717, 1.165) is 5.56 Å². The van der Waals surface area contributed by atoms with Crippen molar-refractivity contribution < 1.29 is 19.7 Å². The summed E-state index contributed by atoms with van der Waals surface area (Å²) in [6, 6.07) is 9.73. The molecule has 0 spiro atoms. The summed E-state index contributed by atoms with van der Waals surface area (Å²) in [7, 11) is 0. The van der Waals surface area contributed by atoms with Crippen molar-refractivity contribution in [3.05, 3.63) is 35.9 Å². The van der Waals surface area contributed by atoms with Crippen molar-refractivity contribution in [2.24, 2.45) is 0 Å². The summed E-state index contributed by atoms with van der Waals surface area (Å²) < 4.78 is 11.2. The summed E-state index contributed by atoms with van der Waals surface area (Å²) in [6.07, 6.45) is -2.92. The SMILES string of the molecule is CC1O[C@@H](C)C(O)[C@H](O)[C@H]1OCc1ccccc1. The summed E-state index contributed by atoms with van der Waals surface area (Å²) in [4.78, 5) is 0. The Morgan fingerprint density at radius 1 is 1.06 bits per heavy atom. The van der Waals surface area contributed by atoms with Gasteiger partial charge < -0.3 is 19.7 Å². The van der Waals surface area contributed by atoms with Crippen molar-refractivity contribution in [2.45, 2.75) is 51.0 Å². The van der Waals surface area contributed by atoms with E-state index in [1.54, 1.807) is 6.92 Å². The van der Waals surface area contributed by atoms with Gasteiger partial charge in [0, 0.05) is 0 Å². The molecule has 0 saturated carbocycles. The third kappa shape index (κ3) is 2.90. The first-order valence-corrected chi connectivity index (χ1v) is 6.26. The molecule has 0 radical (unpaired) electrons. The predicted octanol–water partition coefficient (Wildman–Crippen LogP) is 1.10. The van der Waals surface area contributed by atoms with Crippen LogP contribution in [0.1, 0.15) is 19.4 Å². The second kappa shape index (κ2) is 5.80. The molecular formula is C14H20O4. The van der Waals surface area contributed by atoms with Gasteiger partial charge in [0.15, 0.2) is 0 Å². The lowest BCUT2D eigenvalue weighted by molar-refractivity contribution is -0.228. The van der Waals surface area contributed by atoms with Gasteiger partial charge in [0.1, 0.15) is 18.3 Å². The van der Waals surface area contributed by atoms with Crippen molar-refractivity contribution in [3.8, 4) is 0 Å². The minimum absolute atomic E-state index is 0.234. The third-order valence-corrected chi connectivity index (χ3v) is 3.34. The van der Waals surface area contributed by atoms with Crippen LogP contribution in [0.4, 0.5) is 0 Å². The second-order valence-electron chi connectivity index (χ2n) is 4.79. The van der Waals surface area contributed by atoms with E-state index in [-0.39, 0.29) is 12.2 Å². The van der Waals surface area contributed by atoms with Crippen LogP contribution in [-0.4, -0.2) is 40.7 Å². The molecule has 0 aliphatic carbocycles. The lowest BCUT2D eigenvalue weighted by Gasteiger charge is -2.40. The highest BCUT2D eigenvalue weighted by Gasteiger charge is 2.41. The maximum Gasteiger partial charge on any atom is 0.112 e. The maximum atomic E-state index is 10.0. The van der Waals surface area contributed by atoms with E-state index in [9.17, 15) is 10.2 Å². The molecule has 0 bridgehead atoms.